The SMILES string of the molecule is C=CCNC(=NC)NCCNc1ccc2ccccc2n1. The summed E-state index contributed by atoms with van der Waals surface area (Å²) in [5, 5.41) is 10.8. The van der Waals surface area contributed by atoms with E-state index < -0.39 is 0 Å². The zero-order valence-electron chi connectivity index (χ0n) is 12.3. The van der Waals surface area contributed by atoms with Crippen LogP contribution in [0.3, 0.4) is 0 Å². The Morgan fingerprint density at radius 2 is 2.05 bits per heavy atom. The average molecular weight is 283 g/mol. The normalized spacial score (nSPS) is 11.2. The molecule has 0 amide bonds. The maximum Gasteiger partial charge on any atom is 0.191 e. The molecule has 0 spiro atoms. The topological polar surface area (TPSA) is 61.3 Å². The highest BCUT2D eigenvalue weighted by Gasteiger charge is 1.98. The molecular weight excluding hydrogens is 262 g/mol. The van der Waals surface area contributed by atoms with Gasteiger partial charge in [0, 0.05) is 32.1 Å². The fourth-order valence-electron chi connectivity index (χ4n) is 1.93. The van der Waals surface area contributed by atoms with Gasteiger partial charge in [0.15, 0.2) is 5.96 Å². The predicted molar refractivity (Wildman–Crippen MR) is 89.8 cm³/mol. The smallest absolute Gasteiger partial charge is 0.191 e. The third-order valence-electron chi connectivity index (χ3n) is 2.96. The van der Waals surface area contributed by atoms with E-state index in [2.05, 4.69) is 44.6 Å². The summed E-state index contributed by atoms with van der Waals surface area (Å²) in [6.45, 7) is 5.88. The van der Waals surface area contributed by atoms with Crippen LogP contribution in [-0.2, 0) is 0 Å². The Morgan fingerprint density at radius 3 is 2.86 bits per heavy atom. The van der Waals surface area contributed by atoms with Crippen molar-refractivity contribution in [2.24, 2.45) is 4.99 Å². The minimum absolute atomic E-state index is 0.694. The van der Waals surface area contributed by atoms with E-state index in [1.54, 1.807) is 13.1 Å². The quantitative estimate of drug-likeness (QED) is 0.328. The van der Waals surface area contributed by atoms with E-state index in [9.17, 15) is 0 Å². The molecule has 1 aromatic heterocycles. The summed E-state index contributed by atoms with van der Waals surface area (Å²) in [7, 11) is 1.75. The number of nitrogens with one attached hydrogen (secondary N) is 3. The number of aliphatic imine (C=N–C) groups is 1. The van der Waals surface area contributed by atoms with Gasteiger partial charge in [-0.1, -0.05) is 24.3 Å². The number of hydrogen-bond acceptors (Lipinski definition) is 3. The Labute approximate surface area is 125 Å². The van der Waals surface area contributed by atoms with E-state index in [0.717, 1.165) is 35.8 Å². The van der Waals surface area contributed by atoms with Crippen LogP contribution in [0, 0.1) is 0 Å². The summed E-state index contributed by atoms with van der Waals surface area (Å²) in [6, 6.07) is 12.2. The Hall–Kier alpha value is -2.56. The molecule has 5 nitrogen and oxygen atoms in total. The van der Waals surface area contributed by atoms with Crippen LogP contribution in [0.5, 0.6) is 0 Å². The highest BCUT2D eigenvalue weighted by atomic mass is 15.2. The molecule has 3 N–H and O–H groups in total. The van der Waals surface area contributed by atoms with Crippen molar-refractivity contribution in [3.63, 3.8) is 0 Å². The third-order valence-corrected chi connectivity index (χ3v) is 2.96. The summed E-state index contributed by atoms with van der Waals surface area (Å²) < 4.78 is 0. The first-order chi connectivity index (χ1) is 10.3. The molecule has 5 heteroatoms. The molecule has 0 aliphatic heterocycles. The summed E-state index contributed by atoms with van der Waals surface area (Å²) in [5.74, 6) is 1.65. The minimum Gasteiger partial charge on any atom is -0.368 e. The molecule has 110 valence electrons. The van der Waals surface area contributed by atoms with Crippen LogP contribution < -0.4 is 16.0 Å². The number of hydrogen-bond donors (Lipinski definition) is 3. The minimum atomic E-state index is 0.694. The molecule has 0 radical (unpaired) electrons. The van der Waals surface area contributed by atoms with E-state index >= 15 is 0 Å². The number of guanidine groups is 1. The maximum atomic E-state index is 4.56. The number of rotatable bonds is 6. The standard InChI is InChI=1S/C16H21N5/c1-3-10-19-16(17-2)20-12-11-18-15-9-8-13-6-4-5-7-14(13)21-15/h3-9H,1,10-12H2,2H3,(H,18,21)(H2,17,19,20). The Balaban J connectivity index is 1.80. The van der Waals surface area contributed by atoms with Crippen LogP contribution in [0.4, 0.5) is 5.82 Å². The van der Waals surface area contributed by atoms with Crippen molar-refractivity contribution in [2.75, 3.05) is 32.0 Å². The highest BCUT2D eigenvalue weighted by molar-refractivity contribution is 5.80. The molecular formula is C16H21N5. The molecule has 0 fully saturated rings. The van der Waals surface area contributed by atoms with Gasteiger partial charge in [0.25, 0.3) is 0 Å². The van der Waals surface area contributed by atoms with Gasteiger partial charge in [-0.15, -0.1) is 6.58 Å². The Bertz CT molecular complexity index is 621. The number of anilines is 1. The average Bonchev–Trinajstić information content (AvgIpc) is 2.54. The lowest BCUT2D eigenvalue weighted by Crippen LogP contribution is -2.39. The van der Waals surface area contributed by atoms with Gasteiger partial charge in [0.1, 0.15) is 5.82 Å². The second-order valence-corrected chi connectivity index (χ2v) is 4.48. The van der Waals surface area contributed by atoms with Crippen molar-refractivity contribution in [2.45, 2.75) is 0 Å². The molecule has 1 heterocycles. The fraction of sp³-hybridized carbons (Fsp3) is 0.250. The first-order valence-electron chi connectivity index (χ1n) is 6.98. The van der Waals surface area contributed by atoms with Crippen LogP contribution in [0.1, 0.15) is 0 Å². The monoisotopic (exact) mass is 283 g/mol. The molecule has 2 aromatic rings. The highest BCUT2D eigenvalue weighted by Crippen LogP contribution is 2.13. The first-order valence-corrected chi connectivity index (χ1v) is 6.98. The number of pyridine rings is 1. The van der Waals surface area contributed by atoms with Gasteiger partial charge in [-0.05, 0) is 18.2 Å². The molecule has 2 rings (SSSR count). The van der Waals surface area contributed by atoms with Gasteiger partial charge >= 0.3 is 0 Å². The van der Waals surface area contributed by atoms with Crippen LogP contribution in [0.2, 0.25) is 0 Å². The fourth-order valence-corrected chi connectivity index (χ4v) is 1.93. The third kappa shape index (κ3) is 4.49. The molecule has 0 atom stereocenters. The van der Waals surface area contributed by atoms with Crippen LogP contribution in [0.25, 0.3) is 10.9 Å². The lowest BCUT2D eigenvalue weighted by Gasteiger charge is -2.11. The van der Waals surface area contributed by atoms with E-state index in [1.165, 1.54) is 0 Å². The number of fused-ring (bicyclic) bond motifs is 1. The molecule has 0 bridgehead atoms. The zero-order chi connectivity index (χ0) is 14.9. The second-order valence-electron chi connectivity index (χ2n) is 4.48. The molecule has 0 saturated carbocycles. The van der Waals surface area contributed by atoms with Gasteiger partial charge in [-0.2, -0.15) is 0 Å². The molecule has 1 aromatic carbocycles. The van der Waals surface area contributed by atoms with Crippen LogP contribution in [-0.4, -0.2) is 37.6 Å². The van der Waals surface area contributed by atoms with Crippen LogP contribution in [0.15, 0.2) is 54.0 Å². The summed E-state index contributed by atoms with van der Waals surface area (Å²) in [5.41, 5.74) is 0.999. The van der Waals surface area contributed by atoms with Crippen molar-refractivity contribution in [3.05, 3.63) is 49.1 Å². The molecule has 0 aliphatic carbocycles. The van der Waals surface area contributed by atoms with Gasteiger partial charge in [-0.25, -0.2) is 4.98 Å². The number of aromatic nitrogens is 1. The molecule has 0 saturated heterocycles. The maximum absolute atomic E-state index is 4.56. The van der Waals surface area contributed by atoms with E-state index in [0.29, 0.717) is 6.54 Å². The predicted octanol–water partition coefficient (Wildman–Crippen LogP) is 2.00. The summed E-state index contributed by atoms with van der Waals surface area (Å²) in [6.07, 6.45) is 1.80. The van der Waals surface area contributed by atoms with Crippen molar-refractivity contribution in [1.29, 1.82) is 0 Å². The van der Waals surface area contributed by atoms with Gasteiger partial charge < -0.3 is 16.0 Å². The van der Waals surface area contributed by atoms with Gasteiger partial charge in [0.05, 0.1) is 5.52 Å². The number of para-hydroxylation sites is 1. The van der Waals surface area contributed by atoms with Crippen molar-refractivity contribution < 1.29 is 0 Å². The van der Waals surface area contributed by atoms with E-state index in [1.807, 2.05) is 24.3 Å². The molecule has 0 unspecified atom stereocenters. The first kappa shape index (κ1) is 14.8. The molecule has 21 heavy (non-hydrogen) atoms. The van der Waals surface area contributed by atoms with Crippen molar-refractivity contribution in [1.82, 2.24) is 15.6 Å². The van der Waals surface area contributed by atoms with E-state index in [4.69, 9.17) is 0 Å². The Kier molecular flexibility index (Phi) is 5.58. The molecule has 0 aliphatic rings. The lowest BCUT2D eigenvalue weighted by molar-refractivity contribution is 0.847. The lowest BCUT2D eigenvalue weighted by atomic mass is 10.2. The van der Waals surface area contributed by atoms with Gasteiger partial charge in [0.2, 0.25) is 0 Å². The van der Waals surface area contributed by atoms with Gasteiger partial charge in [-0.3, -0.25) is 4.99 Å². The van der Waals surface area contributed by atoms with Crippen LogP contribution >= 0.6 is 0 Å². The van der Waals surface area contributed by atoms with Crippen molar-refractivity contribution >= 4 is 22.7 Å². The van der Waals surface area contributed by atoms with Crippen molar-refractivity contribution in [3.8, 4) is 0 Å². The summed E-state index contributed by atoms with van der Waals surface area (Å²) in [4.78, 5) is 8.68. The summed E-state index contributed by atoms with van der Waals surface area (Å²) >= 11 is 0. The van der Waals surface area contributed by atoms with E-state index in [-0.39, 0.29) is 0 Å². The second kappa shape index (κ2) is 7.89. The number of nitrogens with zero attached hydrogens (tertiary/aromatic N) is 2. The zero-order valence-corrected chi connectivity index (χ0v) is 12.3. The Morgan fingerprint density at radius 1 is 1.19 bits per heavy atom. The number of benzene rings is 1. The largest absolute Gasteiger partial charge is 0.368 e.